The highest BCUT2D eigenvalue weighted by Gasteiger charge is 2.25. The van der Waals surface area contributed by atoms with Crippen LogP contribution < -0.4 is 5.32 Å². The van der Waals surface area contributed by atoms with Crippen molar-refractivity contribution in [2.75, 3.05) is 0 Å². The molecule has 3 rings (SSSR count). The van der Waals surface area contributed by atoms with Gasteiger partial charge in [-0.1, -0.05) is 23.7 Å². The number of amides is 1. The van der Waals surface area contributed by atoms with E-state index in [4.69, 9.17) is 11.6 Å². The largest absolute Gasteiger partial charge is 0.386 e. The molecule has 5 nitrogen and oxygen atoms in total. The van der Waals surface area contributed by atoms with Crippen molar-refractivity contribution in [3.63, 3.8) is 0 Å². The molecule has 0 fully saturated rings. The first-order valence-corrected chi connectivity index (χ1v) is 7.74. The van der Waals surface area contributed by atoms with E-state index in [0.29, 0.717) is 16.3 Å². The van der Waals surface area contributed by atoms with Crippen LogP contribution in [0.4, 0.5) is 0 Å². The number of aryl methyl sites for hydroxylation is 1. The number of hydrogen-bond acceptors (Lipinski definition) is 3. The molecule has 6 heteroatoms. The summed E-state index contributed by atoms with van der Waals surface area (Å²) in [4.78, 5) is 12.3. The molecule has 0 saturated carbocycles. The average Bonchev–Trinajstić information content (AvgIpc) is 3.09. The molecule has 1 aliphatic rings. The molecule has 1 amide bonds. The van der Waals surface area contributed by atoms with Crippen molar-refractivity contribution in [2.45, 2.75) is 38.3 Å². The zero-order valence-electron chi connectivity index (χ0n) is 12.3. The van der Waals surface area contributed by atoms with E-state index in [1.54, 1.807) is 31.2 Å². The molecular weight excluding hydrogens is 302 g/mol. The lowest BCUT2D eigenvalue weighted by atomic mass is 10.0. The maximum absolute atomic E-state index is 12.3. The highest BCUT2D eigenvalue weighted by molar-refractivity contribution is 6.30. The predicted molar refractivity (Wildman–Crippen MR) is 84.0 cm³/mol. The molecule has 0 bridgehead atoms. The number of fused-ring (bicyclic) bond motifs is 1. The van der Waals surface area contributed by atoms with Gasteiger partial charge in [-0.3, -0.25) is 9.89 Å². The van der Waals surface area contributed by atoms with Gasteiger partial charge in [0.25, 0.3) is 5.91 Å². The number of carbonyl (C=O) groups is 1. The van der Waals surface area contributed by atoms with Gasteiger partial charge >= 0.3 is 0 Å². The van der Waals surface area contributed by atoms with E-state index in [1.807, 2.05) is 0 Å². The Hall–Kier alpha value is -1.85. The Bertz CT molecular complexity index is 681. The average molecular weight is 320 g/mol. The quantitative estimate of drug-likeness (QED) is 0.809. The van der Waals surface area contributed by atoms with Crippen LogP contribution in [0.5, 0.6) is 0 Å². The fraction of sp³-hybridized carbons (Fsp3) is 0.375. The van der Waals surface area contributed by atoms with Crippen molar-refractivity contribution in [1.82, 2.24) is 15.5 Å². The molecule has 1 aromatic heterocycles. The fourth-order valence-corrected chi connectivity index (χ4v) is 2.94. The molecule has 2 unspecified atom stereocenters. The molecule has 0 saturated heterocycles. The maximum atomic E-state index is 12.3. The van der Waals surface area contributed by atoms with E-state index in [2.05, 4.69) is 15.5 Å². The molecule has 116 valence electrons. The number of nitrogens with zero attached hydrogens (tertiary/aromatic N) is 1. The van der Waals surface area contributed by atoms with Crippen LogP contribution in [0.1, 0.15) is 46.8 Å². The second-order valence-electron chi connectivity index (χ2n) is 5.64. The molecule has 0 spiro atoms. The minimum absolute atomic E-state index is 0.250. The molecule has 0 radical (unpaired) electrons. The summed E-state index contributed by atoms with van der Waals surface area (Å²) in [5, 5.41) is 20.8. The number of rotatable bonds is 4. The minimum Gasteiger partial charge on any atom is -0.386 e. The summed E-state index contributed by atoms with van der Waals surface area (Å²) >= 11 is 5.84. The number of aliphatic hydroxyl groups is 1. The van der Waals surface area contributed by atoms with Crippen LogP contribution in [0.3, 0.4) is 0 Å². The lowest BCUT2D eigenvalue weighted by Crippen LogP contribution is -2.37. The Morgan fingerprint density at radius 2 is 2.09 bits per heavy atom. The zero-order chi connectivity index (χ0) is 15.7. The topological polar surface area (TPSA) is 78.0 Å². The first kappa shape index (κ1) is 15.1. The molecule has 1 heterocycles. The zero-order valence-corrected chi connectivity index (χ0v) is 13.0. The summed E-state index contributed by atoms with van der Waals surface area (Å²) in [6.07, 6.45) is 2.07. The highest BCUT2D eigenvalue weighted by Crippen LogP contribution is 2.23. The van der Waals surface area contributed by atoms with E-state index in [9.17, 15) is 9.90 Å². The third-order valence-electron chi connectivity index (χ3n) is 4.07. The predicted octanol–water partition coefficient (Wildman–Crippen LogP) is 2.40. The number of nitrogens with one attached hydrogen (secondary N) is 2. The number of H-pyrrole nitrogens is 1. The van der Waals surface area contributed by atoms with Gasteiger partial charge in [0.2, 0.25) is 0 Å². The van der Waals surface area contributed by atoms with E-state index >= 15 is 0 Å². The number of aromatic nitrogens is 2. The van der Waals surface area contributed by atoms with Gasteiger partial charge in [-0.05, 0) is 43.9 Å². The second-order valence-corrected chi connectivity index (χ2v) is 6.08. The monoisotopic (exact) mass is 319 g/mol. The third-order valence-corrected chi connectivity index (χ3v) is 4.32. The van der Waals surface area contributed by atoms with Crippen molar-refractivity contribution in [2.24, 2.45) is 0 Å². The standard InChI is InChI=1S/C16H18ClN3O2/c1-9(15(21)10-5-7-11(17)8-6-10)18-16(22)14-12-3-2-4-13(12)19-20-14/h5-9,15,21H,2-4H2,1H3,(H,18,22)(H,19,20). The summed E-state index contributed by atoms with van der Waals surface area (Å²) in [6.45, 7) is 1.77. The lowest BCUT2D eigenvalue weighted by Gasteiger charge is -2.20. The summed E-state index contributed by atoms with van der Waals surface area (Å²) in [5.74, 6) is -0.250. The Labute approximate surface area is 133 Å². The van der Waals surface area contributed by atoms with Crippen LogP contribution in [0.25, 0.3) is 0 Å². The van der Waals surface area contributed by atoms with Gasteiger partial charge in [-0.25, -0.2) is 0 Å². The molecule has 22 heavy (non-hydrogen) atoms. The van der Waals surface area contributed by atoms with Gasteiger partial charge in [-0.2, -0.15) is 5.10 Å². The number of halogens is 1. The van der Waals surface area contributed by atoms with Gasteiger partial charge in [0.05, 0.1) is 12.1 Å². The van der Waals surface area contributed by atoms with Gasteiger partial charge in [0.1, 0.15) is 0 Å². The van der Waals surface area contributed by atoms with Crippen LogP contribution in [0.2, 0.25) is 5.02 Å². The molecule has 2 aromatic rings. The van der Waals surface area contributed by atoms with Crippen LogP contribution in [-0.2, 0) is 12.8 Å². The van der Waals surface area contributed by atoms with Crippen molar-refractivity contribution < 1.29 is 9.90 Å². The second kappa shape index (κ2) is 6.10. The summed E-state index contributed by atoms with van der Waals surface area (Å²) in [5.41, 5.74) is 3.22. The summed E-state index contributed by atoms with van der Waals surface area (Å²) in [7, 11) is 0. The summed E-state index contributed by atoms with van der Waals surface area (Å²) in [6, 6.07) is 6.51. The number of aliphatic hydroxyl groups excluding tert-OH is 1. The molecule has 3 N–H and O–H groups in total. The van der Waals surface area contributed by atoms with Crippen molar-refractivity contribution in [1.29, 1.82) is 0 Å². The number of hydrogen-bond donors (Lipinski definition) is 3. The number of aromatic amines is 1. The number of carbonyl (C=O) groups excluding carboxylic acids is 1. The molecule has 2 atom stereocenters. The van der Waals surface area contributed by atoms with E-state index in [1.165, 1.54) is 0 Å². The van der Waals surface area contributed by atoms with Gasteiger partial charge in [0.15, 0.2) is 5.69 Å². The lowest BCUT2D eigenvalue weighted by molar-refractivity contribution is 0.0846. The van der Waals surface area contributed by atoms with Gasteiger partial charge < -0.3 is 10.4 Å². The first-order valence-electron chi connectivity index (χ1n) is 7.37. The Morgan fingerprint density at radius 1 is 1.36 bits per heavy atom. The van der Waals surface area contributed by atoms with E-state index < -0.39 is 12.1 Å². The molecule has 1 aliphatic carbocycles. The SMILES string of the molecule is CC(NC(=O)c1n[nH]c2c1CCC2)C(O)c1ccc(Cl)cc1. The third kappa shape index (κ3) is 2.87. The Morgan fingerprint density at radius 3 is 2.82 bits per heavy atom. The van der Waals surface area contributed by atoms with Crippen molar-refractivity contribution in [3.05, 3.63) is 51.8 Å². The maximum Gasteiger partial charge on any atom is 0.272 e. The number of benzene rings is 1. The van der Waals surface area contributed by atoms with Crippen LogP contribution in [-0.4, -0.2) is 27.3 Å². The molecule has 0 aliphatic heterocycles. The van der Waals surface area contributed by atoms with Gasteiger partial charge in [-0.15, -0.1) is 0 Å². The Kier molecular flexibility index (Phi) is 4.18. The van der Waals surface area contributed by atoms with Gasteiger partial charge in [0, 0.05) is 16.3 Å². The molecule has 1 aromatic carbocycles. The van der Waals surface area contributed by atoms with E-state index in [-0.39, 0.29) is 5.91 Å². The summed E-state index contributed by atoms with van der Waals surface area (Å²) < 4.78 is 0. The smallest absolute Gasteiger partial charge is 0.272 e. The van der Waals surface area contributed by atoms with Crippen LogP contribution >= 0.6 is 11.6 Å². The van der Waals surface area contributed by atoms with Crippen LogP contribution in [0, 0.1) is 0 Å². The van der Waals surface area contributed by atoms with Crippen LogP contribution in [0.15, 0.2) is 24.3 Å². The normalized spacial score (nSPS) is 16.1. The Balaban J connectivity index is 1.69. The fourth-order valence-electron chi connectivity index (χ4n) is 2.81. The van der Waals surface area contributed by atoms with Crippen molar-refractivity contribution >= 4 is 17.5 Å². The first-order chi connectivity index (χ1) is 10.6. The highest BCUT2D eigenvalue weighted by atomic mass is 35.5. The minimum atomic E-state index is -0.798. The molecular formula is C16H18ClN3O2. The van der Waals surface area contributed by atoms with Crippen molar-refractivity contribution in [3.8, 4) is 0 Å². The van der Waals surface area contributed by atoms with E-state index in [0.717, 1.165) is 30.5 Å².